The third-order valence-electron chi connectivity index (χ3n) is 1.62. The van der Waals surface area contributed by atoms with Crippen LogP contribution < -0.4 is 5.73 Å². The van der Waals surface area contributed by atoms with Crippen molar-refractivity contribution in [2.45, 2.75) is 11.7 Å². The lowest BCUT2D eigenvalue weighted by atomic mass is 10.1. The molecule has 1 aliphatic rings. The summed E-state index contributed by atoms with van der Waals surface area (Å²) in [4.78, 5) is 10.6. The zero-order valence-corrected chi connectivity index (χ0v) is 7.71. The van der Waals surface area contributed by atoms with Gasteiger partial charge in [-0.2, -0.15) is 12.6 Å². The number of carbonyl (C=O) groups excluding carboxylic acids is 1. The molecule has 1 aliphatic carbocycles. The molecule has 0 aromatic carbocycles. The lowest BCUT2D eigenvalue weighted by molar-refractivity contribution is -0.104. The highest BCUT2D eigenvalue weighted by atomic mass is 32.1. The summed E-state index contributed by atoms with van der Waals surface area (Å²) in [6, 6.07) is 0. The summed E-state index contributed by atoms with van der Waals surface area (Å²) in [7, 11) is 0. The molecule has 0 saturated carbocycles. The number of rotatable bonds is 1. The highest BCUT2D eigenvalue weighted by molar-refractivity contribution is 7.82. The van der Waals surface area contributed by atoms with Crippen molar-refractivity contribution in [2.24, 2.45) is 5.73 Å². The fourth-order valence-corrected chi connectivity index (χ4v) is 1.22. The summed E-state index contributed by atoms with van der Waals surface area (Å²) in [6.45, 7) is 1.89. The molecule has 1 unspecified atom stereocenters. The smallest absolute Gasteiger partial charge is 0.151 e. The summed E-state index contributed by atoms with van der Waals surface area (Å²) in [6.07, 6.45) is 7.85. The first-order valence-electron chi connectivity index (χ1n) is 3.61. The third kappa shape index (κ3) is 2.01. The van der Waals surface area contributed by atoms with E-state index in [0.717, 1.165) is 6.29 Å². The Balaban J connectivity index is 3.11. The van der Waals surface area contributed by atoms with Gasteiger partial charge in [0.15, 0.2) is 6.29 Å². The first-order valence-corrected chi connectivity index (χ1v) is 4.06. The summed E-state index contributed by atoms with van der Waals surface area (Å²) in [5.74, 6) is 0. The summed E-state index contributed by atoms with van der Waals surface area (Å²) < 4.78 is -0.395. The van der Waals surface area contributed by atoms with Crippen LogP contribution >= 0.6 is 12.6 Å². The van der Waals surface area contributed by atoms with Crippen LogP contribution in [0.3, 0.4) is 0 Å². The molecule has 0 saturated heterocycles. The van der Waals surface area contributed by atoms with E-state index in [9.17, 15) is 4.79 Å². The Hall–Kier alpha value is -0.960. The van der Waals surface area contributed by atoms with Crippen molar-refractivity contribution in [1.29, 1.82) is 0 Å². The Morgan fingerprint density at radius 3 is 2.92 bits per heavy atom. The molecule has 0 aromatic rings. The van der Waals surface area contributed by atoms with Crippen LogP contribution in [0.2, 0.25) is 0 Å². The van der Waals surface area contributed by atoms with E-state index in [4.69, 9.17) is 5.73 Å². The molecule has 64 valence electrons. The van der Waals surface area contributed by atoms with Crippen molar-refractivity contribution in [3.05, 3.63) is 35.6 Å². The van der Waals surface area contributed by atoms with Gasteiger partial charge >= 0.3 is 0 Å². The number of aldehydes is 1. The average molecular weight is 181 g/mol. The van der Waals surface area contributed by atoms with E-state index in [1.165, 1.54) is 0 Å². The highest BCUT2D eigenvalue weighted by Gasteiger charge is 2.15. The molecular weight excluding hydrogens is 170 g/mol. The van der Waals surface area contributed by atoms with E-state index >= 15 is 0 Å². The Labute approximate surface area is 77.2 Å². The molecule has 3 heteroatoms. The van der Waals surface area contributed by atoms with Crippen LogP contribution in [0.5, 0.6) is 0 Å². The van der Waals surface area contributed by atoms with Crippen LogP contribution in [0.4, 0.5) is 0 Å². The largest absolute Gasteiger partial charge is 0.398 e. The van der Waals surface area contributed by atoms with Gasteiger partial charge in [-0.05, 0) is 13.0 Å². The topological polar surface area (TPSA) is 43.1 Å². The van der Waals surface area contributed by atoms with Crippen molar-refractivity contribution in [3.8, 4) is 0 Å². The van der Waals surface area contributed by atoms with E-state index in [1.54, 1.807) is 18.2 Å². The van der Waals surface area contributed by atoms with Crippen molar-refractivity contribution < 1.29 is 4.79 Å². The van der Waals surface area contributed by atoms with E-state index in [0.29, 0.717) is 11.3 Å². The quantitative estimate of drug-likeness (QED) is 0.471. The van der Waals surface area contributed by atoms with E-state index < -0.39 is 4.75 Å². The second-order valence-corrected chi connectivity index (χ2v) is 3.89. The predicted molar refractivity (Wildman–Crippen MR) is 52.9 cm³/mol. The van der Waals surface area contributed by atoms with Gasteiger partial charge in [-0.15, -0.1) is 0 Å². The maximum atomic E-state index is 10.6. The van der Waals surface area contributed by atoms with Crippen LogP contribution in [-0.2, 0) is 4.79 Å². The van der Waals surface area contributed by atoms with Crippen molar-refractivity contribution >= 4 is 18.9 Å². The Bertz CT molecular complexity index is 287. The molecule has 0 aliphatic heterocycles. The van der Waals surface area contributed by atoms with Crippen LogP contribution in [-0.4, -0.2) is 11.0 Å². The van der Waals surface area contributed by atoms with Gasteiger partial charge in [-0.25, -0.2) is 0 Å². The second kappa shape index (κ2) is 3.19. The maximum Gasteiger partial charge on any atom is 0.151 e. The molecule has 1 atom stereocenters. The Kier molecular flexibility index (Phi) is 2.43. The lowest BCUT2D eigenvalue weighted by Gasteiger charge is -2.12. The molecule has 0 radical (unpaired) electrons. The van der Waals surface area contributed by atoms with Crippen LogP contribution in [0.25, 0.3) is 0 Å². The number of hydrogen-bond acceptors (Lipinski definition) is 3. The SMILES string of the molecule is CC1(S)C=CC=C(N)C(C=O)=C1. The molecular formula is C9H11NOS. The lowest BCUT2D eigenvalue weighted by Crippen LogP contribution is -2.10. The fraction of sp³-hybridized carbons (Fsp3) is 0.222. The Morgan fingerprint density at radius 2 is 2.33 bits per heavy atom. The molecule has 0 aromatic heterocycles. The first-order chi connectivity index (χ1) is 5.55. The standard InChI is InChI=1S/C9H11NOS/c1-9(12)4-2-3-8(10)7(5-9)6-11/h2-6,12H,10H2,1H3. The highest BCUT2D eigenvalue weighted by Crippen LogP contribution is 2.22. The maximum absolute atomic E-state index is 10.6. The molecule has 0 fully saturated rings. The van der Waals surface area contributed by atoms with Crippen LogP contribution in [0.15, 0.2) is 35.6 Å². The molecule has 0 amide bonds. The molecule has 0 spiro atoms. The van der Waals surface area contributed by atoms with Crippen molar-refractivity contribution in [2.75, 3.05) is 0 Å². The molecule has 0 heterocycles. The average Bonchev–Trinajstić information content (AvgIpc) is 2.10. The van der Waals surface area contributed by atoms with Gasteiger partial charge in [-0.3, -0.25) is 4.79 Å². The predicted octanol–water partition coefficient (Wildman–Crippen LogP) is 1.21. The van der Waals surface area contributed by atoms with Gasteiger partial charge in [0.25, 0.3) is 0 Å². The summed E-state index contributed by atoms with van der Waals surface area (Å²) >= 11 is 4.33. The van der Waals surface area contributed by atoms with E-state index in [2.05, 4.69) is 12.6 Å². The van der Waals surface area contributed by atoms with Gasteiger partial charge in [0, 0.05) is 16.0 Å². The number of allylic oxidation sites excluding steroid dienone is 3. The summed E-state index contributed by atoms with van der Waals surface area (Å²) in [5.41, 5.74) is 6.57. The van der Waals surface area contributed by atoms with Gasteiger partial charge < -0.3 is 5.73 Å². The van der Waals surface area contributed by atoms with Gasteiger partial charge in [0.05, 0.1) is 0 Å². The normalized spacial score (nSPS) is 28.8. The molecule has 12 heavy (non-hydrogen) atoms. The van der Waals surface area contributed by atoms with E-state index in [-0.39, 0.29) is 0 Å². The molecule has 1 rings (SSSR count). The second-order valence-electron chi connectivity index (χ2n) is 2.92. The number of hydrogen-bond donors (Lipinski definition) is 2. The van der Waals surface area contributed by atoms with Crippen LogP contribution in [0.1, 0.15) is 6.92 Å². The number of nitrogens with two attached hydrogens (primary N) is 1. The van der Waals surface area contributed by atoms with Gasteiger partial charge in [0.2, 0.25) is 0 Å². The molecule has 0 bridgehead atoms. The minimum absolute atomic E-state index is 0.395. The molecule has 2 N–H and O–H groups in total. The minimum Gasteiger partial charge on any atom is -0.398 e. The minimum atomic E-state index is -0.395. The van der Waals surface area contributed by atoms with Crippen molar-refractivity contribution in [3.63, 3.8) is 0 Å². The first kappa shape index (κ1) is 9.13. The summed E-state index contributed by atoms with van der Waals surface area (Å²) in [5, 5.41) is 0. The number of carbonyl (C=O) groups is 1. The Morgan fingerprint density at radius 1 is 1.67 bits per heavy atom. The van der Waals surface area contributed by atoms with Gasteiger partial charge in [-0.1, -0.05) is 18.2 Å². The van der Waals surface area contributed by atoms with Gasteiger partial charge in [0.1, 0.15) is 0 Å². The number of thiol groups is 1. The zero-order chi connectivity index (χ0) is 9.19. The van der Waals surface area contributed by atoms with E-state index in [1.807, 2.05) is 13.0 Å². The van der Waals surface area contributed by atoms with Crippen LogP contribution in [0, 0.1) is 0 Å². The monoisotopic (exact) mass is 181 g/mol. The third-order valence-corrected chi connectivity index (χ3v) is 1.90. The fourth-order valence-electron chi connectivity index (χ4n) is 0.991. The molecule has 2 nitrogen and oxygen atoms in total. The van der Waals surface area contributed by atoms with Crippen molar-refractivity contribution in [1.82, 2.24) is 0 Å². The zero-order valence-electron chi connectivity index (χ0n) is 6.82.